The summed E-state index contributed by atoms with van der Waals surface area (Å²) < 4.78 is 6.94. The number of hydrogen-bond acceptors (Lipinski definition) is 1. The Bertz CT molecular complexity index is 511. The average Bonchev–Trinajstić information content (AvgIpc) is 2.63. The van der Waals surface area contributed by atoms with Crippen molar-refractivity contribution in [3.63, 3.8) is 0 Å². The fraction of sp³-hybridized carbons (Fsp3) is 0.760. The zero-order chi connectivity index (χ0) is 19.4. The van der Waals surface area contributed by atoms with E-state index in [1.54, 1.807) is 0 Å². The van der Waals surface area contributed by atoms with Crippen molar-refractivity contribution >= 4 is 0 Å². The fourth-order valence-electron chi connectivity index (χ4n) is 4.27. The molecule has 0 amide bonds. The molecular formula is C25H44NO+. The molecule has 2 heteroatoms. The molecule has 1 unspecified atom stereocenters. The largest absolute Gasteiger partial charge is 0.438 e. The third kappa shape index (κ3) is 7.86. The summed E-state index contributed by atoms with van der Waals surface area (Å²) in [5.74, 6) is 1.08. The van der Waals surface area contributed by atoms with Gasteiger partial charge in [-0.25, -0.2) is 0 Å². The number of unbranched alkanes of at least 4 members (excludes halogenated alkanes) is 13. The van der Waals surface area contributed by atoms with Gasteiger partial charge in [0, 0.05) is 0 Å². The molecule has 0 fully saturated rings. The van der Waals surface area contributed by atoms with Crippen molar-refractivity contribution in [2.75, 3.05) is 20.6 Å². The molecule has 0 saturated heterocycles. The molecule has 2 rings (SSSR count). The highest BCUT2D eigenvalue weighted by Crippen LogP contribution is 2.43. The van der Waals surface area contributed by atoms with Crippen molar-refractivity contribution in [2.45, 2.75) is 103 Å². The van der Waals surface area contributed by atoms with E-state index >= 15 is 0 Å². The molecule has 1 aliphatic rings. The number of benzene rings is 1. The summed E-state index contributed by atoms with van der Waals surface area (Å²) in [6, 6.07) is 8.48. The molecule has 0 saturated carbocycles. The van der Waals surface area contributed by atoms with E-state index < -0.39 is 0 Å². The Morgan fingerprint density at radius 3 is 1.70 bits per heavy atom. The summed E-state index contributed by atoms with van der Waals surface area (Å²) in [5.41, 5.74) is 1.38. The van der Waals surface area contributed by atoms with E-state index in [2.05, 4.69) is 45.3 Å². The SMILES string of the molecule is CCCCCCCCCCCCCCCC[N+](C)(C)C1Oc2ccccc21. The van der Waals surface area contributed by atoms with Gasteiger partial charge in [0.1, 0.15) is 5.75 Å². The molecule has 1 heterocycles. The van der Waals surface area contributed by atoms with Crippen LogP contribution in [-0.2, 0) is 0 Å². The topological polar surface area (TPSA) is 9.23 Å². The molecule has 154 valence electrons. The predicted octanol–water partition coefficient (Wildman–Crippen LogP) is 7.64. The maximum atomic E-state index is 5.99. The Morgan fingerprint density at radius 2 is 1.19 bits per heavy atom. The molecule has 0 bridgehead atoms. The molecule has 0 N–H and O–H groups in total. The summed E-state index contributed by atoms with van der Waals surface area (Å²) >= 11 is 0. The van der Waals surface area contributed by atoms with E-state index in [0.717, 1.165) is 10.2 Å². The molecule has 0 radical (unpaired) electrons. The molecule has 2 nitrogen and oxygen atoms in total. The van der Waals surface area contributed by atoms with Crippen LogP contribution in [-0.4, -0.2) is 25.1 Å². The lowest BCUT2D eigenvalue weighted by molar-refractivity contribution is -0.944. The molecule has 1 atom stereocenters. The number of ether oxygens (including phenoxy) is 1. The minimum absolute atomic E-state index is 0.239. The fourth-order valence-corrected chi connectivity index (χ4v) is 4.27. The molecule has 0 aromatic heterocycles. The first-order valence-electron chi connectivity index (χ1n) is 11.7. The zero-order valence-corrected chi connectivity index (χ0v) is 18.3. The minimum Gasteiger partial charge on any atom is -0.438 e. The van der Waals surface area contributed by atoms with Gasteiger partial charge in [0.2, 0.25) is 0 Å². The lowest BCUT2D eigenvalue weighted by Crippen LogP contribution is -2.49. The van der Waals surface area contributed by atoms with E-state index in [4.69, 9.17) is 4.74 Å². The van der Waals surface area contributed by atoms with Crippen molar-refractivity contribution < 1.29 is 9.22 Å². The van der Waals surface area contributed by atoms with Crippen LogP contribution in [0.25, 0.3) is 0 Å². The van der Waals surface area contributed by atoms with Crippen molar-refractivity contribution in [1.29, 1.82) is 0 Å². The maximum absolute atomic E-state index is 5.99. The molecule has 1 aromatic rings. The van der Waals surface area contributed by atoms with Crippen molar-refractivity contribution in [3.8, 4) is 5.75 Å². The van der Waals surface area contributed by atoms with Crippen molar-refractivity contribution in [1.82, 2.24) is 0 Å². The first-order valence-corrected chi connectivity index (χ1v) is 11.7. The zero-order valence-electron chi connectivity index (χ0n) is 18.3. The van der Waals surface area contributed by atoms with E-state index in [0.29, 0.717) is 0 Å². The van der Waals surface area contributed by atoms with Crippen LogP contribution < -0.4 is 4.74 Å². The summed E-state index contributed by atoms with van der Waals surface area (Å²) in [6.07, 6.45) is 20.2. The molecular weight excluding hydrogens is 330 g/mol. The van der Waals surface area contributed by atoms with Gasteiger partial charge < -0.3 is 4.74 Å². The van der Waals surface area contributed by atoms with E-state index in [1.807, 2.05) is 0 Å². The van der Waals surface area contributed by atoms with Gasteiger partial charge in [0.05, 0.1) is 26.2 Å². The van der Waals surface area contributed by atoms with Crippen LogP contribution >= 0.6 is 0 Å². The monoisotopic (exact) mass is 374 g/mol. The van der Waals surface area contributed by atoms with Crippen molar-refractivity contribution in [2.24, 2.45) is 0 Å². The Hall–Kier alpha value is -1.02. The summed E-state index contributed by atoms with van der Waals surface area (Å²) in [5, 5.41) is 0. The number of fused-ring (bicyclic) bond motifs is 1. The third-order valence-corrected chi connectivity index (χ3v) is 6.15. The molecule has 0 aliphatic carbocycles. The first kappa shape index (κ1) is 22.3. The predicted molar refractivity (Wildman–Crippen MR) is 117 cm³/mol. The van der Waals surface area contributed by atoms with Gasteiger partial charge in [0.15, 0.2) is 0 Å². The number of hydrogen-bond donors (Lipinski definition) is 0. The summed E-state index contributed by atoms with van der Waals surface area (Å²) in [6.45, 7) is 3.50. The second-order valence-corrected chi connectivity index (χ2v) is 9.11. The Labute approximate surface area is 168 Å². The minimum atomic E-state index is 0.239. The Morgan fingerprint density at radius 1 is 0.704 bits per heavy atom. The molecule has 1 aromatic carbocycles. The van der Waals surface area contributed by atoms with E-state index in [9.17, 15) is 0 Å². The van der Waals surface area contributed by atoms with E-state index in [-0.39, 0.29) is 6.23 Å². The van der Waals surface area contributed by atoms with Crippen molar-refractivity contribution in [3.05, 3.63) is 29.8 Å². The number of quaternary nitrogens is 1. The second-order valence-electron chi connectivity index (χ2n) is 9.11. The van der Waals surface area contributed by atoms with Gasteiger partial charge in [-0.05, 0) is 25.0 Å². The number of nitrogens with zero attached hydrogens (tertiary/aromatic N) is 1. The molecule has 27 heavy (non-hydrogen) atoms. The number of para-hydroxylation sites is 1. The van der Waals surface area contributed by atoms with Gasteiger partial charge in [0.25, 0.3) is 6.23 Å². The maximum Gasteiger partial charge on any atom is 0.263 e. The van der Waals surface area contributed by atoms with E-state index in [1.165, 1.54) is 102 Å². The van der Waals surface area contributed by atoms with Gasteiger partial charge in [-0.3, -0.25) is 4.48 Å². The average molecular weight is 375 g/mol. The van der Waals surface area contributed by atoms with Crippen LogP contribution in [0.2, 0.25) is 0 Å². The standard InChI is InChI=1S/C25H44NO/c1-4-5-6-7-8-9-10-11-12-13-14-15-16-19-22-26(2,3)25-23-20-17-18-21-24(23)27-25/h17-18,20-21,25H,4-16,19,22H2,1-3H3/q+1. The quantitative estimate of drug-likeness (QED) is 0.213. The molecule has 0 spiro atoms. The Balaban J connectivity index is 1.40. The normalized spacial score (nSPS) is 15.9. The van der Waals surface area contributed by atoms with Crippen LogP contribution in [0.1, 0.15) is 109 Å². The lowest BCUT2D eigenvalue weighted by atomic mass is 10.0. The molecule has 1 aliphatic heterocycles. The first-order chi connectivity index (χ1) is 13.1. The van der Waals surface area contributed by atoms with Crippen LogP contribution in [0.4, 0.5) is 0 Å². The highest BCUT2D eigenvalue weighted by atomic mass is 16.5. The van der Waals surface area contributed by atoms with Crippen LogP contribution in [0.5, 0.6) is 5.75 Å². The van der Waals surface area contributed by atoms with Gasteiger partial charge in [-0.15, -0.1) is 0 Å². The highest BCUT2D eigenvalue weighted by molar-refractivity contribution is 5.40. The third-order valence-electron chi connectivity index (χ3n) is 6.15. The van der Waals surface area contributed by atoms with Crippen LogP contribution in [0.15, 0.2) is 24.3 Å². The van der Waals surface area contributed by atoms with Crippen LogP contribution in [0, 0.1) is 0 Å². The number of rotatable bonds is 16. The second kappa shape index (κ2) is 12.4. The summed E-state index contributed by atoms with van der Waals surface area (Å²) in [7, 11) is 4.62. The lowest BCUT2D eigenvalue weighted by Gasteiger charge is -2.43. The smallest absolute Gasteiger partial charge is 0.263 e. The Kier molecular flexibility index (Phi) is 10.3. The summed E-state index contributed by atoms with van der Waals surface area (Å²) in [4.78, 5) is 0. The highest BCUT2D eigenvalue weighted by Gasteiger charge is 2.40. The van der Waals surface area contributed by atoms with Gasteiger partial charge in [-0.1, -0.05) is 96.1 Å². The van der Waals surface area contributed by atoms with Gasteiger partial charge >= 0.3 is 0 Å². The van der Waals surface area contributed by atoms with Crippen LogP contribution in [0.3, 0.4) is 0 Å². The van der Waals surface area contributed by atoms with Gasteiger partial charge in [-0.2, -0.15) is 0 Å².